The second-order valence-corrected chi connectivity index (χ2v) is 6.87. The van der Waals surface area contributed by atoms with Gasteiger partial charge in [-0.3, -0.25) is 4.79 Å². The minimum absolute atomic E-state index is 0.0492. The number of hydrogen-bond acceptors (Lipinski definition) is 3. The van der Waals surface area contributed by atoms with E-state index < -0.39 is 0 Å². The van der Waals surface area contributed by atoms with Crippen LogP contribution in [0.15, 0.2) is 47.5 Å². The summed E-state index contributed by atoms with van der Waals surface area (Å²) in [7, 11) is 0. The van der Waals surface area contributed by atoms with Gasteiger partial charge in [-0.2, -0.15) is 5.10 Å². The van der Waals surface area contributed by atoms with Crippen LogP contribution in [-0.4, -0.2) is 21.4 Å². The highest BCUT2D eigenvalue weighted by atomic mass is 32.2. The summed E-state index contributed by atoms with van der Waals surface area (Å²) < 4.78 is 1.94. The van der Waals surface area contributed by atoms with Gasteiger partial charge in [-0.25, -0.2) is 4.68 Å². The van der Waals surface area contributed by atoms with E-state index >= 15 is 0 Å². The van der Waals surface area contributed by atoms with Gasteiger partial charge in [0.05, 0.1) is 12.2 Å². The summed E-state index contributed by atoms with van der Waals surface area (Å²) in [4.78, 5) is 13.3. The fraction of sp³-hybridized carbons (Fsp3) is 0.412. The standard InChI is InChI=1S/C17H21N3OS/c1-13(14-7-8-14)20-16(9-11-18-20)19-17(21)10-12-22-15-5-3-2-4-6-15/h2-6,9,11,13-14H,7-8,10,12H2,1H3,(H,19,21). The first-order valence-corrected chi connectivity index (χ1v) is 8.74. The van der Waals surface area contributed by atoms with E-state index in [0.717, 1.165) is 11.6 Å². The molecular formula is C17H21N3OS. The maximum absolute atomic E-state index is 12.1. The van der Waals surface area contributed by atoms with E-state index in [-0.39, 0.29) is 5.91 Å². The summed E-state index contributed by atoms with van der Waals surface area (Å²) in [5, 5.41) is 7.34. The van der Waals surface area contributed by atoms with Crippen LogP contribution >= 0.6 is 11.8 Å². The Labute approximate surface area is 135 Å². The number of nitrogens with zero attached hydrogens (tertiary/aromatic N) is 2. The van der Waals surface area contributed by atoms with Gasteiger partial charge in [0.25, 0.3) is 0 Å². The van der Waals surface area contributed by atoms with E-state index in [1.54, 1.807) is 18.0 Å². The lowest BCUT2D eigenvalue weighted by molar-refractivity contribution is -0.115. The molecule has 4 nitrogen and oxygen atoms in total. The molecule has 1 aromatic heterocycles. The van der Waals surface area contributed by atoms with Crippen molar-refractivity contribution in [3.05, 3.63) is 42.6 Å². The Morgan fingerprint density at radius 2 is 2.14 bits per heavy atom. The second kappa shape index (κ2) is 7.01. The molecule has 0 spiro atoms. The van der Waals surface area contributed by atoms with Crippen LogP contribution in [0, 0.1) is 5.92 Å². The SMILES string of the molecule is CC(C1CC1)n1nccc1NC(=O)CCSc1ccccc1. The number of benzene rings is 1. The van der Waals surface area contributed by atoms with Gasteiger partial charge in [0.2, 0.25) is 5.91 Å². The molecule has 116 valence electrons. The maximum atomic E-state index is 12.1. The molecule has 1 amide bonds. The lowest BCUT2D eigenvalue weighted by Gasteiger charge is -2.15. The van der Waals surface area contributed by atoms with Crippen LogP contribution in [0.25, 0.3) is 0 Å². The Bertz CT molecular complexity index is 622. The number of anilines is 1. The van der Waals surface area contributed by atoms with Crippen LogP contribution in [0.4, 0.5) is 5.82 Å². The number of carbonyl (C=O) groups is 1. The van der Waals surface area contributed by atoms with Gasteiger partial charge in [-0.05, 0) is 37.8 Å². The van der Waals surface area contributed by atoms with Crippen LogP contribution in [0.3, 0.4) is 0 Å². The first-order valence-electron chi connectivity index (χ1n) is 7.75. The van der Waals surface area contributed by atoms with E-state index in [1.165, 1.54) is 17.7 Å². The van der Waals surface area contributed by atoms with Gasteiger partial charge in [-0.15, -0.1) is 11.8 Å². The molecule has 0 saturated heterocycles. The lowest BCUT2D eigenvalue weighted by Crippen LogP contribution is -2.18. The van der Waals surface area contributed by atoms with E-state index in [4.69, 9.17) is 0 Å². The molecule has 1 saturated carbocycles. The summed E-state index contributed by atoms with van der Waals surface area (Å²) >= 11 is 1.70. The Hall–Kier alpha value is -1.75. The monoisotopic (exact) mass is 315 g/mol. The number of aromatic nitrogens is 2. The van der Waals surface area contributed by atoms with Crippen molar-refractivity contribution in [1.29, 1.82) is 0 Å². The van der Waals surface area contributed by atoms with Gasteiger partial charge >= 0.3 is 0 Å². The van der Waals surface area contributed by atoms with Crippen molar-refractivity contribution in [2.75, 3.05) is 11.1 Å². The summed E-state index contributed by atoms with van der Waals surface area (Å²) in [6.45, 7) is 2.17. The Kier molecular flexibility index (Phi) is 4.83. The summed E-state index contributed by atoms with van der Waals surface area (Å²) in [5.41, 5.74) is 0. The largest absolute Gasteiger partial charge is 0.311 e. The fourth-order valence-corrected chi connectivity index (χ4v) is 3.37. The molecule has 1 heterocycles. The van der Waals surface area contributed by atoms with Crippen LogP contribution in [-0.2, 0) is 4.79 Å². The van der Waals surface area contributed by atoms with Gasteiger partial charge in [-0.1, -0.05) is 18.2 Å². The summed E-state index contributed by atoms with van der Waals surface area (Å²) in [6.07, 6.45) is 4.79. The molecule has 0 bridgehead atoms. The van der Waals surface area contributed by atoms with E-state index in [2.05, 4.69) is 29.5 Å². The molecule has 1 aliphatic rings. The third-order valence-corrected chi connectivity index (χ3v) is 4.98. The average Bonchev–Trinajstić information content (AvgIpc) is 3.28. The van der Waals surface area contributed by atoms with Crippen molar-refractivity contribution in [3.63, 3.8) is 0 Å². The van der Waals surface area contributed by atoms with E-state index in [0.29, 0.717) is 18.4 Å². The van der Waals surface area contributed by atoms with Crippen LogP contribution in [0.2, 0.25) is 0 Å². The Balaban J connectivity index is 1.48. The zero-order chi connectivity index (χ0) is 15.4. The summed E-state index contributed by atoms with van der Waals surface area (Å²) in [5.74, 6) is 2.36. The highest BCUT2D eigenvalue weighted by Crippen LogP contribution is 2.40. The molecule has 0 radical (unpaired) electrons. The molecule has 22 heavy (non-hydrogen) atoms. The minimum atomic E-state index is 0.0492. The normalized spacial score (nSPS) is 15.5. The molecule has 1 N–H and O–H groups in total. The van der Waals surface area contributed by atoms with Gasteiger partial charge in [0.15, 0.2) is 0 Å². The number of hydrogen-bond donors (Lipinski definition) is 1. The molecule has 2 aromatic rings. The molecule has 1 unspecified atom stereocenters. The minimum Gasteiger partial charge on any atom is -0.311 e. The molecule has 1 fully saturated rings. The molecule has 1 aromatic carbocycles. The van der Waals surface area contributed by atoms with Crippen LogP contribution < -0.4 is 5.32 Å². The number of carbonyl (C=O) groups excluding carboxylic acids is 1. The van der Waals surface area contributed by atoms with Gasteiger partial charge in [0, 0.05) is 23.1 Å². The maximum Gasteiger partial charge on any atom is 0.226 e. The van der Waals surface area contributed by atoms with Crippen molar-refractivity contribution < 1.29 is 4.79 Å². The van der Waals surface area contributed by atoms with Crippen molar-refractivity contribution in [3.8, 4) is 0 Å². The Morgan fingerprint density at radius 1 is 1.36 bits per heavy atom. The topological polar surface area (TPSA) is 46.9 Å². The number of nitrogens with one attached hydrogen (secondary N) is 1. The third-order valence-electron chi connectivity index (χ3n) is 3.97. The zero-order valence-electron chi connectivity index (χ0n) is 12.7. The lowest BCUT2D eigenvalue weighted by atomic mass is 10.2. The predicted octanol–water partition coefficient (Wildman–Crippen LogP) is 3.98. The summed E-state index contributed by atoms with van der Waals surface area (Å²) in [6, 6.07) is 12.4. The molecule has 1 aliphatic carbocycles. The Morgan fingerprint density at radius 3 is 2.86 bits per heavy atom. The highest BCUT2D eigenvalue weighted by molar-refractivity contribution is 7.99. The average molecular weight is 315 g/mol. The van der Waals surface area contributed by atoms with E-state index in [1.807, 2.05) is 28.9 Å². The van der Waals surface area contributed by atoms with Crippen molar-refractivity contribution >= 4 is 23.5 Å². The van der Waals surface area contributed by atoms with Crippen molar-refractivity contribution in [1.82, 2.24) is 9.78 Å². The quantitative estimate of drug-likeness (QED) is 0.786. The van der Waals surface area contributed by atoms with Crippen LogP contribution in [0.5, 0.6) is 0 Å². The van der Waals surface area contributed by atoms with Crippen molar-refractivity contribution in [2.45, 2.75) is 37.1 Å². The predicted molar refractivity (Wildman–Crippen MR) is 90.1 cm³/mol. The zero-order valence-corrected chi connectivity index (χ0v) is 13.6. The fourth-order valence-electron chi connectivity index (χ4n) is 2.50. The smallest absolute Gasteiger partial charge is 0.226 e. The molecule has 5 heteroatoms. The molecular weight excluding hydrogens is 294 g/mol. The van der Waals surface area contributed by atoms with E-state index in [9.17, 15) is 4.79 Å². The van der Waals surface area contributed by atoms with Gasteiger partial charge in [0.1, 0.15) is 5.82 Å². The van der Waals surface area contributed by atoms with Gasteiger partial charge < -0.3 is 5.32 Å². The molecule has 3 rings (SSSR count). The number of amides is 1. The highest BCUT2D eigenvalue weighted by Gasteiger charge is 2.30. The van der Waals surface area contributed by atoms with Crippen molar-refractivity contribution in [2.24, 2.45) is 5.92 Å². The first-order chi connectivity index (χ1) is 10.7. The third kappa shape index (κ3) is 3.91. The molecule has 1 atom stereocenters. The number of rotatable bonds is 7. The van der Waals surface area contributed by atoms with Crippen LogP contribution in [0.1, 0.15) is 32.2 Å². The number of thioether (sulfide) groups is 1. The molecule has 0 aliphatic heterocycles. The first kappa shape index (κ1) is 15.2. The second-order valence-electron chi connectivity index (χ2n) is 5.70.